The summed E-state index contributed by atoms with van der Waals surface area (Å²) >= 11 is 0. The van der Waals surface area contributed by atoms with Crippen molar-refractivity contribution in [2.45, 2.75) is 20.0 Å². The summed E-state index contributed by atoms with van der Waals surface area (Å²) in [6.07, 6.45) is -0.800. The lowest BCUT2D eigenvalue weighted by Crippen LogP contribution is -2.24. The van der Waals surface area contributed by atoms with Gasteiger partial charge in [0.2, 0.25) is 5.78 Å². The molecule has 0 amide bonds. The Hall–Kier alpha value is -2.42. The first-order chi connectivity index (χ1) is 9.58. The zero-order valence-corrected chi connectivity index (χ0v) is 11.5. The molecule has 2 aromatic rings. The van der Waals surface area contributed by atoms with Crippen molar-refractivity contribution in [1.29, 1.82) is 0 Å². The molecule has 2 aromatic carbocycles. The van der Waals surface area contributed by atoms with Crippen LogP contribution in [0.3, 0.4) is 0 Å². The maximum Gasteiger partial charge on any atom is 0.338 e. The highest BCUT2D eigenvalue weighted by Gasteiger charge is 2.19. The van der Waals surface area contributed by atoms with E-state index in [0.29, 0.717) is 11.1 Å². The van der Waals surface area contributed by atoms with E-state index in [0.717, 1.165) is 5.56 Å². The van der Waals surface area contributed by atoms with Crippen LogP contribution in [0.4, 0.5) is 0 Å². The standard InChI is InChI=1S/C17H16O3/c1-12-8-10-15(11-9-12)17(19)20-13(2)16(18)14-6-4-3-5-7-14/h3-11,13H,1-2H3. The molecule has 0 aliphatic heterocycles. The first-order valence-electron chi connectivity index (χ1n) is 6.45. The fourth-order valence-electron chi connectivity index (χ4n) is 1.81. The van der Waals surface area contributed by atoms with Gasteiger partial charge < -0.3 is 4.74 Å². The molecule has 20 heavy (non-hydrogen) atoms. The average molecular weight is 268 g/mol. The van der Waals surface area contributed by atoms with Crippen molar-refractivity contribution in [3.8, 4) is 0 Å². The van der Waals surface area contributed by atoms with E-state index >= 15 is 0 Å². The molecule has 0 saturated heterocycles. The van der Waals surface area contributed by atoms with Gasteiger partial charge in [-0.1, -0.05) is 48.0 Å². The summed E-state index contributed by atoms with van der Waals surface area (Å²) in [5.74, 6) is -0.687. The van der Waals surface area contributed by atoms with Crippen LogP contribution in [0.25, 0.3) is 0 Å². The molecule has 0 heterocycles. The first-order valence-corrected chi connectivity index (χ1v) is 6.45. The summed E-state index contributed by atoms with van der Waals surface area (Å²) in [7, 11) is 0. The zero-order valence-electron chi connectivity index (χ0n) is 11.5. The second kappa shape index (κ2) is 6.15. The fraction of sp³-hybridized carbons (Fsp3) is 0.176. The average Bonchev–Trinajstić information content (AvgIpc) is 2.48. The first kappa shape index (κ1) is 14.0. The van der Waals surface area contributed by atoms with E-state index in [-0.39, 0.29) is 5.78 Å². The molecular weight excluding hydrogens is 252 g/mol. The predicted octanol–water partition coefficient (Wildman–Crippen LogP) is 3.42. The number of ketones is 1. The van der Waals surface area contributed by atoms with Gasteiger partial charge in [0.15, 0.2) is 6.10 Å². The zero-order chi connectivity index (χ0) is 14.5. The minimum atomic E-state index is -0.800. The Bertz CT molecular complexity index is 600. The fourth-order valence-corrected chi connectivity index (χ4v) is 1.81. The highest BCUT2D eigenvalue weighted by atomic mass is 16.5. The third-order valence-electron chi connectivity index (χ3n) is 3.00. The van der Waals surface area contributed by atoms with E-state index < -0.39 is 12.1 Å². The third kappa shape index (κ3) is 3.32. The molecule has 0 bridgehead atoms. The van der Waals surface area contributed by atoms with Crippen LogP contribution in [0.15, 0.2) is 54.6 Å². The van der Waals surface area contributed by atoms with Gasteiger partial charge in [-0.3, -0.25) is 4.79 Å². The number of Topliss-reactive ketones (excluding diaryl/α,β-unsaturated/α-hetero) is 1. The van der Waals surface area contributed by atoms with Crippen LogP contribution < -0.4 is 0 Å². The molecule has 3 nitrogen and oxygen atoms in total. The van der Waals surface area contributed by atoms with Gasteiger partial charge in [0, 0.05) is 5.56 Å². The number of hydrogen-bond donors (Lipinski definition) is 0. The van der Waals surface area contributed by atoms with Crippen LogP contribution in [-0.2, 0) is 4.74 Å². The Kier molecular flexibility index (Phi) is 4.31. The van der Waals surface area contributed by atoms with Gasteiger partial charge >= 0.3 is 5.97 Å². The number of benzene rings is 2. The van der Waals surface area contributed by atoms with E-state index in [4.69, 9.17) is 4.74 Å². The van der Waals surface area contributed by atoms with E-state index in [2.05, 4.69) is 0 Å². The van der Waals surface area contributed by atoms with Gasteiger partial charge in [0.1, 0.15) is 0 Å². The van der Waals surface area contributed by atoms with E-state index in [1.54, 1.807) is 43.3 Å². The maximum absolute atomic E-state index is 12.1. The van der Waals surface area contributed by atoms with Crippen molar-refractivity contribution >= 4 is 11.8 Å². The quantitative estimate of drug-likeness (QED) is 0.630. The van der Waals surface area contributed by atoms with Crippen molar-refractivity contribution in [3.05, 3.63) is 71.3 Å². The molecule has 0 N–H and O–H groups in total. The SMILES string of the molecule is Cc1ccc(C(=O)OC(C)C(=O)c2ccccc2)cc1. The Labute approximate surface area is 118 Å². The van der Waals surface area contributed by atoms with Gasteiger partial charge in [-0.2, -0.15) is 0 Å². The molecule has 0 radical (unpaired) electrons. The molecular formula is C17H16O3. The van der Waals surface area contributed by atoms with Crippen LogP contribution in [-0.4, -0.2) is 17.9 Å². The Morgan fingerprint density at radius 3 is 2.10 bits per heavy atom. The van der Waals surface area contributed by atoms with Crippen molar-refractivity contribution in [1.82, 2.24) is 0 Å². The molecule has 0 aromatic heterocycles. The molecule has 3 heteroatoms. The molecule has 102 valence electrons. The lowest BCUT2D eigenvalue weighted by molar-refractivity contribution is 0.0319. The van der Waals surface area contributed by atoms with Crippen molar-refractivity contribution < 1.29 is 14.3 Å². The lowest BCUT2D eigenvalue weighted by atomic mass is 10.1. The van der Waals surface area contributed by atoms with Crippen molar-refractivity contribution in [2.24, 2.45) is 0 Å². The van der Waals surface area contributed by atoms with Gasteiger partial charge in [0.05, 0.1) is 5.56 Å². The number of esters is 1. The second-order valence-corrected chi connectivity index (χ2v) is 4.64. The molecule has 1 atom stereocenters. The Morgan fingerprint density at radius 2 is 1.50 bits per heavy atom. The molecule has 2 rings (SSSR count). The molecule has 0 saturated carbocycles. The second-order valence-electron chi connectivity index (χ2n) is 4.64. The maximum atomic E-state index is 12.1. The van der Waals surface area contributed by atoms with Crippen LogP contribution in [0, 0.1) is 6.92 Å². The normalized spacial score (nSPS) is 11.7. The van der Waals surface area contributed by atoms with E-state index in [9.17, 15) is 9.59 Å². The summed E-state index contributed by atoms with van der Waals surface area (Å²) in [5.41, 5.74) is 2.05. The highest BCUT2D eigenvalue weighted by molar-refractivity contribution is 6.01. The van der Waals surface area contributed by atoms with Crippen molar-refractivity contribution in [3.63, 3.8) is 0 Å². The summed E-state index contributed by atoms with van der Waals surface area (Å²) in [5, 5.41) is 0. The van der Waals surface area contributed by atoms with Crippen LogP contribution in [0.2, 0.25) is 0 Å². The third-order valence-corrected chi connectivity index (χ3v) is 3.00. The van der Waals surface area contributed by atoms with Gasteiger partial charge in [-0.25, -0.2) is 4.79 Å². The summed E-state index contributed by atoms with van der Waals surface area (Å²) in [6.45, 7) is 3.53. The van der Waals surface area contributed by atoms with Gasteiger partial charge in [-0.05, 0) is 26.0 Å². The lowest BCUT2D eigenvalue weighted by Gasteiger charge is -2.12. The minimum absolute atomic E-state index is 0.203. The monoisotopic (exact) mass is 268 g/mol. The number of carbonyl (C=O) groups is 2. The van der Waals surface area contributed by atoms with Crippen LogP contribution in [0.1, 0.15) is 33.2 Å². The number of ether oxygens (including phenoxy) is 1. The predicted molar refractivity (Wildman–Crippen MR) is 76.8 cm³/mol. The van der Waals surface area contributed by atoms with E-state index in [1.807, 2.05) is 25.1 Å². The highest BCUT2D eigenvalue weighted by Crippen LogP contribution is 2.10. The number of carbonyl (C=O) groups excluding carboxylic acids is 2. The number of hydrogen-bond acceptors (Lipinski definition) is 3. The smallest absolute Gasteiger partial charge is 0.338 e. The molecule has 0 fully saturated rings. The number of aryl methyl sites for hydroxylation is 1. The van der Waals surface area contributed by atoms with Crippen LogP contribution in [0.5, 0.6) is 0 Å². The molecule has 0 spiro atoms. The summed E-state index contributed by atoms with van der Waals surface area (Å²) < 4.78 is 5.20. The number of rotatable bonds is 4. The minimum Gasteiger partial charge on any atom is -0.451 e. The summed E-state index contributed by atoms with van der Waals surface area (Å²) in [4.78, 5) is 24.0. The molecule has 0 aliphatic rings. The van der Waals surface area contributed by atoms with Crippen LogP contribution >= 0.6 is 0 Å². The van der Waals surface area contributed by atoms with Gasteiger partial charge in [0.25, 0.3) is 0 Å². The Morgan fingerprint density at radius 1 is 0.900 bits per heavy atom. The Balaban J connectivity index is 2.04. The largest absolute Gasteiger partial charge is 0.451 e. The summed E-state index contributed by atoms with van der Waals surface area (Å²) in [6, 6.07) is 15.9. The van der Waals surface area contributed by atoms with E-state index in [1.165, 1.54) is 0 Å². The molecule has 1 unspecified atom stereocenters. The van der Waals surface area contributed by atoms with Gasteiger partial charge in [-0.15, -0.1) is 0 Å². The molecule has 0 aliphatic carbocycles. The van der Waals surface area contributed by atoms with Crippen molar-refractivity contribution in [2.75, 3.05) is 0 Å². The topological polar surface area (TPSA) is 43.4 Å².